The quantitative estimate of drug-likeness (QED) is 0.768. The Balaban J connectivity index is 2.17. The van der Waals surface area contributed by atoms with Crippen molar-refractivity contribution in [3.8, 4) is 11.3 Å². The maximum absolute atomic E-state index is 12.1. The van der Waals surface area contributed by atoms with Crippen LogP contribution >= 0.6 is 0 Å². The van der Waals surface area contributed by atoms with Gasteiger partial charge < -0.3 is 0 Å². The molecular formula is C15H16N2O. The molecule has 2 heterocycles. The average molecular weight is 240 g/mol. The summed E-state index contributed by atoms with van der Waals surface area (Å²) in [7, 11) is 0. The molecule has 0 radical (unpaired) electrons. The predicted molar refractivity (Wildman–Crippen MR) is 71.6 cm³/mol. The van der Waals surface area contributed by atoms with Crippen LogP contribution in [0.4, 0.5) is 0 Å². The average Bonchev–Trinajstić information content (AvgIpc) is 2.41. The van der Waals surface area contributed by atoms with Gasteiger partial charge in [-0.05, 0) is 12.8 Å². The highest BCUT2D eigenvalue weighted by Crippen LogP contribution is 2.25. The van der Waals surface area contributed by atoms with E-state index in [1.54, 1.807) is 6.07 Å². The van der Waals surface area contributed by atoms with Crippen molar-refractivity contribution in [1.29, 1.82) is 0 Å². The molecule has 3 heteroatoms. The molecule has 1 aromatic carbocycles. The first-order chi connectivity index (χ1) is 8.75. The second-order valence-electron chi connectivity index (χ2n) is 4.90. The maximum Gasteiger partial charge on any atom is 0.254 e. The molecule has 0 N–H and O–H groups in total. The molecule has 3 rings (SSSR count). The van der Waals surface area contributed by atoms with Gasteiger partial charge in [-0.1, -0.05) is 37.3 Å². The number of benzene rings is 1. The predicted octanol–water partition coefficient (Wildman–Crippen LogP) is 2.81. The Kier molecular flexibility index (Phi) is 2.74. The van der Waals surface area contributed by atoms with Crippen LogP contribution in [-0.2, 0) is 6.54 Å². The largest absolute Gasteiger partial charge is 0.296 e. The van der Waals surface area contributed by atoms with Crippen LogP contribution in [-0.4, -0.2) is 9.55 Å². The van der Waals surface area contributed by atoms with Crippen LogP contribution in [0.2, 0.25) is 0 Å². The molecular weight excluding hydrogens is 224 g/mol. The standard InChI is InChI=1S/C15H16N2O/c1-11-6-5-9-17-14(18)10-13(16-15(11)17)12-7-3-2-4-8-12/h2-4,7-8,10-11H,5-6,9H2,1H3. The van der Waals surface area contributed by atoms with Crippen LogP contribution in [0.15, 0.2) is 41.2 Å². The Morgan fingerprint density at radius 3 is 2.83 bits per heavy atom. The van der Waals surface area contributed by atoms with E-state index in [0.29, 0.717) is 5.92 Å². The lowest BCUT2D eigenvalue weighted by Crippen LogP contribution is -2.29. The molecule has 0 saturated heterocycles. The van der Waals surface area contributed by atoms with Crippen molar-refractivity contribution in [2.75, 3.05) is 0 Å². The number of hydrogen-bond donors (Lipinski definition) is 0. The van der Waals surface area contributed by atoms with Gasteiger partial charge in [-0.25, -0.2) is 4.98 Å². The molecule has 0 aliphatic carbocycles. The summed E-state index contributed by atoms with van der Waals surface area (Å²) in [6, 6.07) is 11.5. The third-order valence-electron chi connectivity index (χ3n) is 3.57. The zero-order valence-corrected chi connectivity index (χ0v) is 10.5. The fraction of sp³-hybridized carbons (Fsp3) is 0.333. The van der Waals surface area contributed by atoms with Crippen molar-refractivity contribution in [2.45, 2.75) is 32.2 Å². The van der Waals surface area contributed by atoms with Gasteiger partial charge in [0.1, 0.15) is 5.82 Å². The number of nitrogens with zero attached hydrogens (tertiary/aromatic N) is 2. The first-order valence-corrected chi connectivity index (χ1v) is 6.43. The summed E-state index contributed by atoms with van der Waals surface area (Å²) in [5.41, 5.74) is 1.88. The molecule has 0 fully saturated rings. The smallest absolute Gasteiger partial charge is 0.254 e. The van der Waals surface area contributed by atoms with E-state index in [1.807, 2.05) is 34.9 Å². The molecule has 0 amide bonds. The van der Waals surface area contributed by atoms with E-state index < -0.39 is 0 Å². The van der Waals surface area contributed by atoms with E-state index in [0.717, 1.165) is 36.5 Å². The minimum Gasteiger partial charge on any atom is -0.296 e. The van der Waals surface area contributed by atoms with Crippen LogP contribution in [0.5, 0.6) is 0 Å². The molecule has 0 bridgehead atoms. The van der Waals surface area contributed by atoms with E-state index in [1.165, 1.54) is 0 Å². The number of hydrogen-bond acceptors (Lipinski definition) is 2. The fourth-order valence-electron chi connectivity index (χ4n) is 2.57. The number of aromatic nitrogens is 2. The van der Waals surface area contributed by atoms with Crippen molar-refractivity contribution >= 4 is 0 Å². The maximum atomic E-state index is 12.1. The van der Waals surface area contributed by atoms with Gasteiger partial charge in [-0.15, -0.1) is 0 Å². The Bertz CT molecular complexity index is 616. The summed E-state index contributed by atoms with van der Waals surface area (Å²) in [4.78, 5) is 16.8. The van der Waals surface area contributed by atoms with E-state index in [9.17, 15) is 4.79 Å². The highest BCUT2D eigenvalue weighted by Gasteiger charge is 2.19. The van der Waals surface area contributed by atoms with E-state index in [4.69, 9.17) is 0 Å². The summed E-state index contributed by atoms with van der Waals surface area (Å²) in [6.45, 7) is 2.95. The van der Waals surface area contributed by atoms with Gasteiger partial charge in [0.05, 0.1) is 5.69 Å². The molecule has 92 valence electrons. The van der Waals surface area contributed by atoms with E-state index >= 15 is 0 Å². The molecule has 0 saturated carbocycles. The third kappa shape index (κ3) is 1.86. The van der Waals surface area contributed by atoms with Gasteiger partial charge in [0.2, 0.25) is 0 Å². The molecule has 1 aliphatic rings. The van der Waals surface area contributed by atoms with Crippen molar-refractivity contribution < 1.29 is 0 Å². The highest BCUT2D eigenvalue weighted by atomic mass is 16.1. The SMILES string of the molecule is CC1CCCn2c1nc(-c1ccccc1)cc2=O. The molecule has 1 unspecified atom stereocenters. The number of fused-ring (bicyclic) bond motifs is 1. The number of rotatable bonds is 1. The van der Waals surface area contributed by atoms with Gasteiger partial charge in [-0.3, -0.25) is 9.36 Å². The fourth-order valence-corrected chi connectivity index (χ4v) is 2.57. The molecule has 3 nitrogen and oxygen atoms in total. The lowest BCUT2D eigenvalue weighted by Gasteiger charge is -2.23. The minimum atomic E-state index is 0.0744. The lowest BCUT2D eigenvalue weighted by molar-refractivity contribution is 0.443. The monoisotopic (exact) mass is 240 g/mol. The first-order valence-electron chi connectivity index (χ1n) is 6.43. The highest BCUT2D eigenvalue weighted by molar-refractivity contribution is 5.58. The summed E-state index contributed by atoms with van der Waals surface area (Å²) in [6.07, 6.45) is 2.19. The van der Waals surface area contributed by atoms with E-state index in [-0.39, 0.29) is 5.56 Å². The van der Waals surface area contributed by atoms with Gasteiger partial charge in [0, 0.05) is 24.1 Å². The molecule has 1 aliphatic heterocycles. The minimum absolute atomic E-state index is 0.0744. The summed E-state index contributed by atoms with van der Waals surface area (Å²) >= 11 is 0. The Labute approximate surface area is 106 Å². The van der Waals surface area contributed by atoms with Crippen molar-refractivity contribution in [3.63, 3.8) is 0 Å². The Hall–Kier alpha value is -1.90. The van der Waals surface area contributed by atoms with Crippen molar-refractivity contribution in [3.05, 3.63) is 52.6 Å². The Morgan fingerprint density at radius 1 is 1.28 bits per heavy atom. The van der Waals surface area contributed by atoms with Gasteiger partial charge in [0.15, 0.2) is 0 Å². The zero-order valence-electron chi connectivity index (χ0n) is 10.5. The van der Waals surface area contributed by atoms with Gasteiger partial charge in [0.25, 0.3) is 5.56 Å². The third-order valence-corrected chi connectivity index (χ3v) is 3.57. The van der Waals surface area contributed by atoms with Crippen LogP contribution in [0.3, 0.4) is 0 Å². The zero-order chi connectivity index (χ0) is 12.5. The summed E-state index contributed by atoms with van der Waals surface area (Å²) < 4.78 is 1.82. The molecule has 18 heavy (non-hydrogen) atoms. The normalized spacial score (nSPS) is 18.4. The topological polar surface area (TPSA) is 34.9 Å². The van der Waals surface area contributed by atoms with Crippen LogP contribution in [0, 0.1) is 0 Å². The van der Waals surface area contributed by atoms with Crippen LogP contribution in [0.1, 0.15) is 31.5 Å². The van der Waals surface area contributed by atoms with Crippen molar-refractivity contribution in [2.24, 2.45) is 0 Å². The molecule has 0 spiro atoms. The second kappa shape index (κ2) is 4.41. The molecule has 1 atom stereocenters. The van der Waals surface area contributed by atoms with E-state index in [2.05, 4.69) is 11.9 Å². The Morgan fingerprint density at radius 2 is 2.06 bits per heavy atom. The van der Waals surface area contributed by atoms with Crippen LogP contribution < -0.4 is 5.56 Å². The van der Waals surface area contributed by atoms with Gasteiger partial charge in [-0.2, -0.15) is 0 Å². The van der Waals surface area contributed by atoms with Crippen molar-refractivity contribution in [1.82, 2.24) is 9.55 Å². The second-order valence-corrected chi connectivity index (χ2v) is 4.90. The summed E-state index contributed by atoms with van der Waals surface area (Å²) in [5, 5.41) is 0. The first kappa shape index (κ1) is 11.2. The summed E-state index contributed by atoms with van der Waals surface area (Å²) in [5.74, 6) is 1.31. The molecule has 2 aromatic rings. The van der Waals surface area contributed by atoms with Crippen LogP contribution in [0.25, 0.3) is 11.3 Å². The van der Waals surface area contributed by atoms with Gasteiger partial charge >= 0.3 is 0 Å². The lowest BCUT2D eigenvalue weighted by atomic mass is 10.00. The molecule has 1 aromatic heterocycles.